The summed E-state index contributed by atoms with van der Waals surface area (Å²) in [5.74, 6) is 0. The fourth-order valence-electron chi connectivity index (χ4n) is 0. The maximum atomic E-state index is 9.15. The Hall–Kier alpha value is 0.270. The minimum atomic E-state index is -1.25. The van der Waals surface area contributed by atoms with E-state index in [0.29, 0.717) is 0 Å². The molecule has 0 amide bonds. The average Bonchev–Trinajstić information content (AvgIpc) is 1.38. The van der Waals surface area contributed by atoms with Crippen LogP contribution in [0.2, 0.25) is 0 Å². The zero-order valence-electron chi connectivity index (χ0n) is 2.76. The summed E-state index contributed by atoms with van der Waals surface area (Å²) in [5.41, 5.74) is 0. The van der Waals surface area contributed by atoms with Crippen molar-refractivity contribution in [3.8, 4) is 0 Å². The van der Waals surface area contributed by atoms with Crippen molar-refractivity contribution >= 4 is 35.7 Å². The van der Waals surface area contributed by atoms with Crippen molar-refractivity contribution in [3.63, 3.8) is 0 Å². The third-order valence-electron chi connectivity index (χ3n) is 0.175. The molecule has 0 aliphatic rings. The van der Waals surface area contributed by atoms with E-state index in [1.54, 1.807) is 0 Å². The Morgan fingerprint density at radius 1 is 1.83 bits per heavy atom. The van der Waals surface area contributed by atoms with Crippen molar-refractivity contribution in [1.82, 2.24) is 0 Å². The Morgan fingerprint density at radius 2 is 2.00 bits per heavy atom. The van der Waals surface area contributed by atoms with Gasteiger partial charge in [-0.25, -0.2) is 4.79 Å². The minimum absolute atomic E-state index is 0. The molecule has 32 valence electrons. The van der Waals surface area contributed by atoms with Crippen LogP contribution in [0.25, 0.3) is 0 Å². The van der Waals surface area contributed by atoms with E-state index in [9.17, 15) is 0 Å². The standard InChI is InChI=1S/C2H4O3.Na.H/c1-5-2(3)4;;/h1H3,(H,3,4);;. The third-order valence-corrected chi connectivity index (χ3v) is 0.175. The Morgan fingerprint density at radius 3 is 2.00 bits per heavy atom. The molecule has 0 radical (unpaired) electrons. The SMILES string of the molecule is COC(=O)O.[NaH]. The summed E-state index contributed by atoms with van der Waals surface area (Å²) in [5, 5.41) is 7.50. The zero-order valence-corrected chi connectivity index (χ0v) is 2.76. The number of carbonyl (C=O) groups is 1. The van der Waals surface area contributed by atoms with Crippen LogP contribution in [0.4, 0.5) is 4.79 Å². The van der Waals surface area contributed by atoms with Crippen molar-refractivity contribution in [2.45, 2.75) is 0 Å². The van der Waals surface area contributed by atoms with E-state index in [0.717, 1.165) is 7.11 Å². The van der Waals surface area contributed by atoms with Gasteiger partial charge in [0.05, 0.1) is 7.11 Å². The summed E-state index contributed by atoms with van der Waals surface area (Å²) < 4.78 is 3.67. The quantitative estimate of drug-likeness (QED) is 0.334. The maximum absolute atomic E-state index is 9.15. The molecule has 4 heteroatoms. The predicted octanol–water partition coefficient (Wildman–Crippen LogP) is -0.338. The van der Waals surface area contributed by atoms with Crippen LogP contribution in [-0.2, 0) is 4.74 Å². The molecule has 0 aliphatic heterocycles. The second-order valence-corrected chi connectivity index (χ2v) is 0.470. The van der Waals surface area contributed by atoms with E-state index >= 15 is 0 Å². The van der Waals surface area contributed by atoms with Gasteiger partial charge >= 0.3 is 35.7 Å². The second kappa shape index (κ2) is 5.27. The van der Waals surface area contributed by atoms with Gasteiger partial charge in [-0.3, -0.25) is 0 Å². The van der Waals surface area contributed by atoms with Crippen LogP contribution < -0.4 is 0 Å². The van der Waals surface area contributed by atoms with Gasteiger partial charge < -0.3 is 9.84 Å². The van der Waals surface area contributed by atoms with Crippen LogP contribution in [0.1, 0.15) is 0 Å². The first-order valence-electron chi connectivity index (χ1n) is 1.04. The van der Waals surface area contributed by atoms with Crippen LogP contribution in [0, 0.1) is 0 Å². The summed E-state index contributed by atoms with van der Waals surface area (Å²) in [7, 11) is 1.10. The summed E-state index contributed by atoms with van der Waals surface area (Å²) in [6.45, 7) is 0. The number of carboxylic acid groups (broad SMARTS) is 1. The van der Waals surface area contributed by atoms with Crippen molar-refractivity contribution in [2.24, 2.45) is 0 Å². The molecule has 0 aromatic heterocycles. The third kappa shape index (κ3) is 8.86. The fourth-order valence-corrected chi connectivity index (χ4v) is 0. The zero-order chi connectivity index (χ0) is 4.28. The van der Waals surface area contributed by atoms with Gasteiger partial charge in [-0.15, -0.1) is 0 Å². The Labute approximate surface area is 57.6 Å². The molecule has 6 heavy (non-hydrogen) atoms. The summed E-state index contributed by atoms with van der Waals surface area (Å²) in [4.78, 5) is 9.15. The summed E-state index contributed by atoms with van der Waals surface area (Å²) in [6, 6.07) is 0. The van der Waals surface area contributed by atoms with Crippen molar-refractivity contribution < 1.29 is 14.6 Å². The van der Waals surface area contributed by atoms with Gasteiger partial charge in [0.15, 0.2) is 0 Å². The molecule has 0 bridgehead atoms. The first kappa shape index (κ1) is 9.55. The Kier molecular flexibility index (Phi) is 8.39. The van der Waals surface area contributed by atoms with Crippen molar-refractivity contribution in [3.05, 3.63) is 0 Å². The van der Waals surface area contributed by atoms with Gasteiger partial charge in [0.1, 0.15) is 0 Å². The van der Waals surface area contributed by atoms with Gasteiger partial charge in [-0.1, -0.05) is 0 Å². The van der Waals surface area contributed by atoms with Crippen LogP contribution in [0.15, 0.2) is 0 Å². The molecule has 0 atom stereocenters. The second-order valence-electron chi connectivity index (χ2n) is 0.470. The molecule has 0 saturated carbocycles. The van der Waals surface area contributed by atoms with Gasteiger partial charge in [-0.05, 0) is 0 Å². The van der Waals surface area contributed by atoms with Crippen LogP contribution in [0.3, 0.4) is 0 Å². The number of hydrogen-bond acceptors (Lipinski definition) is 2. The first-order valence-corrected chi connectivity index (χ1v) is 1.04. The average molecular weight is 100 g/mol. The van der Waals surface area contributed by atoms with E-state index in [1.807, 2.05) is 0 Å². The number of ether oxygens (including phenoxy) is 1. The van der Waals surface area contributed by atoms with Gasteiger partial charge in [0.25, 0.3) is 0 Å². The summed E-state index contributed by atoms with van der Waals surface area (Å²) in [6.07, 6.45) is -1.25. The molecule has 0 heterocycles. The number of rotatable bonds is 0. The number of methoxy groups -OCH3 is 1. The van der Waals surface area contributed by atoms with E-state index in [-0.39, 0.29) is 29.6 Å². The molecule has 0 rings (SSSR count). The van der Waals surface area contributed by atoms with Crippen molar-refractivity contribution in [2.75, 3.05) is 7.11 Å². The molecule has 3 nitrogen and oxygen atoms in total. The molecule has 0 fully saturated rings. The first-order chi connectivity index (χ1) is 2.27. The molecular weight excluding hydrogens is 95.0 g/mol. The molecule has 0 aliphatic carbocycles. The monoisotopic (exact) mass is 100 g/mol. The van der Waals surface area contributed by atoms with Crippen LogP contribution in [-0.4, -0.2) is 47.9 Å². The molecule has 0 aromatic rings. The Balaban J connectivity index is 0. The van der Waals surface area contributed by atoms with Gasteiger partial charge in [0, 0.05) is 0 Å². The molecule has 0 spiro atoms. The topological polar surface area (TPSA) is 46.5 Å². The molecule has 0 aromatic carbocycles. The predicted molar refractivity (Wildman–Crippen MR) is 22.2 cm³/mol. The molecule has 0 unspecified atom stereocenters. The van der Waals surface area contributed by atoms with E-state index in [1.165, 1.54) is 0 Å². The van der Waals surface area contributed by atoms with Crippen LogP contribution >= 0.6 is 0 Å². The van der Waals surface area contributed by atoms with Gasteiger partial charge in [0.2, 0.25) is 0 Å². The van der Waals surface area contributed by atoms with E-state index < -0.39 is 6.16 Å². The molecular formula is C2H5NaO3. The van der Waals surface area contributed by atoms with E-state index in [2.05, 4.69) is 4.74 Å². The van der Waals surface area contributed by atoms with Crippen LogP contribution in [0.5, 0.6) is 0 Å². The number of hydrogen-bond donors (Lipinski definition) is 1. The normalized spacial score (nSPS) is 5.50. The molecule has 1 N–H and O–H groups in total. The van der Waals surface area contributed by atoms with Gasteiger partial charge in [-0.2, -0.15) is 0 Å². The van der Waals surface area contributed by atoms with E-state index in [4.69, 9.17) is 9.90 Å². The summed E-state index contributed by atoms with van der Waals surface area (Å²) >= 11 is 0. The Bertz CT molecular complexity index is 44.1. The molecule has 0 saturated heterocycles. The fraction of sp³-hybridized carbons (Fsp3) is 0.500. The van der Waals surface area contributed by atoms with Crippen molar-refractivity contribution in [1.29, 1.82) is 0 Å².